The molecule has 0 saturated carbocycles. The van der Waals surface area contributed by atoms with Gasteiger partial charge in [-0.25, -0.2) is 4.57 Å². The van der Waals surface area contributed by atoms with Crippen LogP contribution in [0.5, 0.6) is 0 Å². The van der Waals surface area contributed by atoms with Crippen LogP contribution in [0.2, 0.25) is 0 Å². The quantitative estimate of drug-likeness (QED) is 0.0211. The fraction of sp³-hybridized carbons (Fsp3) is 0.750. The van der Waals surface area contributed by atoms with E-state index in [2.05, 4.69) is 54.8 Å². The topological polar surface area (TPSA) is 169 Å². The van der Waals surface area contributed by atoms with Crippen molar-refractivity contribution < 1.29 is 52.9 Å². The lowest BCUT2D eigenvalue weighted by atomic mass is 10.0. The number of rotatable bonds is 35. The fourth-order valence-electron chi connectivity index (χ4n) is 4.89. The van der Waals surface area contributed by atoms with E-state index in [4.69, 9.17) is 19.1 Å². The van der Waals surface area contributed by atoms with Crippen LogP contribution in [-0.4, -0.2) is 76.9 Å². The van der Waals surface area contributed by atoms with E-state index < -0.39 is 51.8 Å². The van der Waals surface area contributed by atoms with E-state index >= 15 is 0 Å². The van der Waals surface area contributed by atoms with Crippen LogP contribution in [-0.2, 0) is 32.7 Å². The summed E-state index contributed by atoms with van der Waals surface area (Å²) >= 11 is 0. The highest BCUT2D eigenvalue weighted by atomic mass is 31.2. The second-order valence-electron chi connectivity index (χ2n) is 13.7. The lowest BCUT2D eigenvalue weighted by molar-refractivity contribution is -0.161. The normalized spacial score (nSPS) is 15.2. The maximum Gasteiger partial charge on any atom is 0.472 e. The number of aliphatic hydroxyl groups is 3. The van der Waals surface area contributed by atoms with Crippen LogP contribution in [0.15, 0.2) is 48.6 Å². The van der Waals surface area contributed by atoms with Crippen molar-refractivity contribution >= 4 is 19.8 Å². The first-order chi connectivity index (χ1) is 24.9. The third-order valence-electron chi connectivity index (χ3n) is 7.93. The second-order valence-corrected chi connectivity index (χ2v) is 15.2. The highest BCUT2D eigenvalue weighted by Gasteiger charge is 2.27. The SMILES string of the molecule is CC(C)CCCCCCCCCCC(=O)OC[C@H](COP(=O)(O)OC[C@@H](O)CO)OC(=O)CCC/C=C\C/C=C\C/C=C\C/C=C\CCC[C@H](C)O. The Kier molecular flexibility index (Phi) is 33.2. The van der Waals surface area contributed by atoms with Gasteiger partial charge in [0.25, 0.3) is 0 Å². The molecule has 0 aromatic carbocycles. The number of allylic oxidation sites excluding steroid dienone is 8. The number of unbranched alkanes of at least 4 members (excludes halogenated alkanes) is 9. The molecule has 0 saturated heterocycles. The molecule has 302 valence electrons. The second kappa shape index (κ2) is 34.6. The Morgan fingerprint density at radius 2 is 1.12 bits per heavy atom. The highest BCUT2D eigenvalue weighted by Crippen LogP contribution is 2.43. The number of hydrogen-bond donors (Lipinski definition) is 4. The Morgan fingerprint density at radius 1 is 0.615 bits per heavy atom. The standard InChI is InChI=1S/C40H71O11P/c1-35(2)27-23-19-15-13-14-17-21-25-29-39(44)48-33-38(34-50-52(46,47)49-32-37(43)31-41)51-40(45)30-26-22-18-12-10-8-6-4-5-7-9-11-16-20-24-28-36(3)42/h5-8,11-12,16,18,35-38,41-43H,4,9-10,13-15,17,19-34H2,1-3H3,(H,46,47)/b7-5-,8-6-,16-11-,18-12-/t36-,37-,38+/m0/s1. The molecule has 0 aliphatic heterocycles. The molecular formula is C40H71O11P. The number of phosphoric acid groups is 1. The monoisotopic (exact) mass is 758 g/mol. The zero-order valence-electron chi connectivity index (χ0n) is 32.3. The van der Waals surface area contributed by atoms with Crippen molar-refractivity contribution in [2.45, 2.75) is 161 Å². The number of carbonyl (C=O) groups excluding carboxylic acids is 2. The first-order valence-corrected chi connectivity index (χ1v) is 21.0. The average molecular weight is 759 g/mol. The molecule has 0 heterocycles. The number of carbonyl (C=O) groups is 2. The smallest absolute Gasteiger partial charge is 0.462 e. The van der Waals surface area contributed by atoms with E-state index in [1.165, 1.54) is 32.1 Å². The third kappa shape index (κ3) is 36.3. The summed E-state index contributed by atoms with van der Waals surface area (Å²) in [6, 6.07) is 0. The van der Waals surface area contributed by atoms with E-state index in [1.807, 2.05) is 19.1 Å². The molecule has 0 aromatic heterocycles. The van der Waals surface area contributed by atoms with Gasteiger partial charge in [-0.1, -0.05) is 114 Å². The zero-order chi connectivity index (χ0) is 38.7. The van der Waals surface area contributed by atoms with Crippen LogP contribution >= 0.6 is 7.82 Å². The van der Waals surface area contributed by atoms with Crippen LogP contribution in [0.3, 0.4) is 0 Å². The molecule has 0 spiro atoms. The summed E-state index contributed by atoms with van der Waals surface area (Å²) in [5.74, 6) is -0.258. The van der Waals surface area contributed by atoms with Gasteiger partial charge in [-0.3, -0.25) is 18.6 Å². The molecular weight excluding hydrogens is 687 g/mol. The molecule has 0 aliphatic carbocycles. The molecule has 0 aromatic rings. The number of phosphoric ester groups is 1. The van der Waals surface area contributed by atoms with Gasteiger partial charge < -0.3 is 29.7 Å². The number of ether oxygens (including phenoxy) is 2. The van der Waals surface area contributed by atoms with Gasteiger partial charge in [0.15, 0.2) is 6.10 Å². The number of aliphatic hydroxyl groups excluding tert-OH is 3. The van der Waals surface area contributed by atoms with E-state index in [0.717, 1.165) is 63.7 Å². The van der Waals surface area contributed by atoms with Crippen molar-refractivity contribution in [3.63, 3.8) is 0 Å². The maximum absolute atomic E-state index is 12.5. The summed E-state index contributed by atoms with van der Waals surface area (Å²) in [6.07, 6.45) is 30.9. The fourth-order valence-corrected chi connectivity index (χ4v) is 5.68. The molecule has 0 rings (SSSR count). The number of esters is 2. The van der Waals surface area contributed by atoms with Crippen LogP contribution in [0.1, 0.15) is 143 Å². The van der Waals surface area contributed by atoms with Crippen molar-refractivity contribution in [3.8, 4) is 0 Å². The van der Waals surface area contributed by atoms with Crippen molar-refractivity contribution in [3.05, 3.63) is 48.6 Å². The van der Waals surface area contributed by atoms with Crippen molar-refractivity contribution in [2.24, 2.45) is 5.92 Å². The summed E-state index contributed by atoms with van der Waals surface area (Å²) in [7, 11) is -4.63. The predicted octanol–water partition coefficient (Wildman–Crippen LogP) is 8.60. The summed E-state index contributed by atoms with van der Waals surface area (Å²) in [5.41, 5.74) is 0. The summed E-state index contributed by atoms with van der Waals surface area (Å²) in [4.78, 5) is 34.8. The van der Waals surface area contributed by atoms with Crippen molar-refractivity contribution in [1.82, 2.24) is 0 Å². The van der Waals surface area contributed by atoms with E-state index in [0.29, 0.717) is 19.3 Å². The van der Waals surface area contributed by atoms with Gasteiger partial charge in [0.1, 0.15) is 12.7 Å². The minimum Gasteiger partial charge on any atom is -0.462 e. The molecule has 52 heavy (non-hydrogen) atoms. The Morgan fingerprint density at radius 3 is 1.67 bits per heavy atom. The van der Waals surface area contributed by atoms with Crippen LogP contribution in [0.4, 0.5) is 0 Å². The number of hydrogen-bond acceptors (Lipinski definition) is 10. The maximum atomic E-state index is 12.5. The summed E-state index contributed by atoms with van der Waals surface area (Å²) in [6.45, 7) is 4.10. The molecule has 1 unspecified atom stereocenters. The lowest BCUT2D eigenvalue weighted by Gasteiger charge is -2.20. The first kappa shape index (κ1) is 49.9. The predicted molar refractivity (Wildman–Crippen MR) is 206 cm³/mol. The van der Waals surface area contributed by atoms with Gasteiger partial charge in [-0.2, -0.15) is 0 Å². The van der Waals surface area contributed by atoms with Crippen molar-refractivity contribution in [2.75, 3.05) is 26.4 Å². The molecule has 0 radical (unpaired) electrons. The van der Waals surface area contributed by atoms with Gasteiger partial charge in [-0.15, -0.1) is 0 Å². The van der Waals surface area contributed by atoms with Gasteiger partial charge in [0.05, 0.1) is 25.9 Å². The van der Waals surface area contributed by atoms with Gasteiger partial charge in [-0.05, 0) is 70.6 Å². The molecule has 0 aliphatic rings. The lowest BCUT2D eigenvalue weighted by Crippen LogP contribution is -2.29. The van der Waals surface area contributed by atoms with Crippen LogP contribution in [0.25, 0.3) is 0 Å². The molecule has 12 heteroatoms. The molecule has 0 fully saturated rings. The minimum atomic E-state index is -4.63. The van der Waals surface area contributed by atoms with Gasteiger partial charge >= 0.3 is 19.8 Å². The van der Waals surface area contributed by atoms with Gasteiger partial charge in [0, 0.05) is 12.8 Å². The van der Waals surface area contributed by atoms with E-state index in [-0.39, 0.29) is 25.6 Å². The average Bonchev–Trinajstić information content (AvgIpc) is 3.10. The molecule has 0 bridgehead atoms. The zero-order valence-corrected chi connectivity index (χ0v) is 33.2. The molecule has 4 atom stereocenters. The Labute approximate surface area is 314 Å². The van der Waals surface area contributed by atoms with Gasteiger partial charge in [0.2, 0.25) is 0 Å². The summed E-state index contributed by atoms with van der Waals surface area (Å²) < 4.78 is 32.5. The minimum absolute atomic E-state index is 0.0954. The molecule has 0 amide bonds. The van der Waals surface area contributed by atoms with Crippen LogP contribution < -0.4 is 0 Å². The summed E-state index contributed by atoms with van der Waals surface area (Å²) in [5, 5.41) is 27.5. The van der Waals surface area contributed by atoms with E-state index in [9.17, 15) is 29.3 Å². The van der Waals surface area contributed by atoms with Crippen LogP contribution in [0, 0.1) is 5.92 Å². The largest absolute Gasteiger partial charge is 0.472 e. The molecule has 4 N–H and O–H groups in total. The van der Waals surface area contributed by atoms with Crippen molar-refractivity contribution in [1.29, 1.82) is 0 Å². The third-order valence-corrected chi connectivity index (χ3v) is 8.88. The Balaban J connectivity index is 4.47. The Bertz CT molecular complexity index is 1040. The van der Waals surface area contributed by atoms with E-state index in [1.54, 1.807) is 0 Å². The highest BCUT2D eigenvalue weighted by molar-refractivity contribution is 7.47. The Hall–Kier alpha value is -2.11. The first-order valence-electron chi connectivity index (χ1n) is 19.5. The molecule has 11 nitrogen and oxygen atoms in total.